The predicted molar refractivity (Wildman–Crippen MR) is 145 cm³/mol. The highest BCUT2D eigenvalue weighted by atomic mass is 35.5. The average Bonchev–Trinajstić information content (AvgIpc) is 3.39. The first-order valence-corrected chi connectivity index (χ1v) is 12.4. The highest BCUT2D eigenvalue weighted by Crippen LogP contribution is 2.36. The molecule has 1 aliphatic rings. The smallest absolute Gasteiger partial charge is 0.170 e. The molecule has 1 unspecified atom stereocenters. The molecule has 1 atom stereocenters. The van der Waals surface area contributed by atoms with Crippen molar-refractivity contribution in [3.05, 3.63) is 71.3 Å². The minimum absolute atomic E-state index is 0.0673. The number of carbonyl (C=O) groups is 1. The Morgan fingerprint density at radius 2 is 2.00 bits per heavy atom. The molecule has 1 fully saturated rings. The van der Waals surface area contributed by atoms with E-state index in [1.807, 2.05) is 30.3 Å². The number of halogens is 2. The third-order valence-electron chi connectivity index (χ3n) is 6.83. The molecule has 1 aliphatic heterocycles. The van der Waals surface area contributed by atoms with Crippen molar-refractivity contribution in [2.45, 2.75) is 18.9 Å². The van der Waals surface area contributed by atoms with Crippen molar-refractivity contribution in [2.75, 3.05) is 37.4 Å². The number of hydrogen-bond donors (Lipinski definition) is 2. The number of carbonyl (C=O) groups excluding carboxylic acids is 1. The van der Waals surface area contributed by atoms with Gasteiger partial charge in [0.05, 0.1) is 28.1 Å². The fraction of sp³-hybridized carbons (Fsp3) is 0.250. The minimum atomic E-state index is -0.796. The summed E-state index contributed by atoms with van der Waals surface area (Å²) in [7, 11) is 4.20. The van der Waals surface area contributed by atoms with Crippen molar-refractivity contribution in [3.8, 4) is 16.9 Å². The molecular weight excluding hydrogens is 493 g/mol. The van der Waals surface area contributed by atoms with Crippen molar-refractivity contribution < 1.29 is 14.3 Å². The second kappa shape index (κ2) is 10.3. The van der Waals surface area contributed by atoms with Gasteiger partial charge in [-0.05, 0) is 68.0 Å². The van der Waals surface area contributed by atoms with Gasteiger partial charge in [0.2, 0.25) is 0 Å². The van der Waals surface area contributed by atoms with Gasteiger partial charge >= 0.3 is 0 Å². The van der Waals surface area contributed by atoms with Crippen LogP contribution in [0.15, 0.2) is 54.9 Å². The van der Waals surface area contributed by atoms with Gasteiger partial charge in [0, 0.05) is 42.7 Å². The number of benzene rings is 2. The van der Waals surface area contributed by atoms with Crippen molar-refractivity contribution in [3.63, 3.8) is 0 Å². The summed E-state index contributed by atoms with van der Waals surface area (Å²) in [5, 5.41) is 13.8. The summed E-state index contributed by atoms with van der Waals surface area (Å²) < 4.78 is 14.2. The van der Waals surface area contributed by atoms with E-state index in [4.69, 9.17) is 11.6 Å². The highest BCUT2D eigenvalue weighted by molar-refractivity contribution is 6.32. The lowest BCUT2D eigenvalue weighted by atomic mass is 10.00. The van der Waals surface area contributed by atoms with Crippen molar-refractivity contribution in [1.29, 1.82) is 0 Å². The van der Waals surface area contributed by atoms with E-state index in [1.54, 1.807) is 12.4 Å². The monoisotopic (exact) mass is 519 g/mol. The number of nitrogens with one attached hydrogen (secondary N) is 1. The Bertz CT molecular complexity index is 1440. The largest absolute Gasteiger partial charge is 0.504 e. The lowest BCUT2D eigenvalue weighted by Crippen LogP contribution is -2.31. The molecule has 5 rings (SSSR count). The molecule has 0 saturated carbocycles. The number of nitrogens with zero attached hydrogens (tertiary/aromatic N) is 4. The van der Waals surface area contributed by atoms with Gasteiger partial charge in [0.15, 0.2) is 11.6 Å². The number of aromatic nitrogens is 2. The number of phenols is 1. The van der Waals surface area contributed by atoms with E-state index in [2.05, 4.69) is 39.2 Å². The van der Waals surface area contributed by atoms with Crippen LogP contribution < -0.4 is 10.2 Å². The van der Waals surface area contributed by atoms with Crippen LogP contribution in [0.4, 0.5) is 21.6 Å². The van der Waals surface area contributed by atoms with Gasteiger partial charge in [0.1, 0.15) is 12.1 Å². The Hall–Kier alpha value is -3.75. The maximum atomic E-state index is 14.2. The number of rotatable bonds is 7. The van der Waals surface area contributed by atoms with Gasteiger partial charge in [-0.1, -0.05) is 17.7 Å². The molecule has 1 saturated heterocycles. The molecule has 0 amide bonds. The number of pyridine rings is 2. The van der Waals surface area contributed by atoms with Gasteiger partial charge in [0.25, 0.3) is 0 Å². The van der Waals surface area contributed by atoms with Gasteiger partial charge in [-0.15, -0.1) is 0 Å². The van der Waals surface area contributed by atoms with E-state index in [0.29, 0.717) is 22.7 Å². The number of hydrogen-bond acceptors (Lipinski definition) is 7. The fourth-order valence-corrected chi connectivity index (χ4v) is 4.91. The minimum Gasteiger partial charge on any atom is -0.504 e. The molecule has 7 nitrogen and oxygen atoms in total. The van der Waals surface area contributed by atoms with E-state index in [1.165, 1.54) is 12.1 Å². The number of likely N-dealkylation sites (N-methyl/N-ethyl adjacent to an activating group) is 1. The summed E-state index contributed by atoms with van der Waals surface area (Å²) in [5.41, 5.74) is 4.15. The summed E-state index contributed by atoms with van der Waals surface area (Å²) in [4.78, 5) is 25.1. The normalized spacial score (nSPS) is 15.5. The van der Waals surface area contributed by atoms with Crippen LogP contribution in [0.3, 0.4) is 0 Å². The number of phenolic OH excluding ortho intramolecular Hbond substituents is 1. The number of anilines is 3. The first-order chi connectivity index (χ1) is 17.8. The maximum absolute atomic E-state index is 14.2. The lowest BCUT2D eigenvalue weighted by Gasteiger charge is -2.21. The zero-order valence-electron chi connectivity index (χ0n) is 20.6. The van der Waals surface area contributed by atoms with Crippen LogP contribution in [0.2, 0.25) is 5.02 Å². The summed E-state index contributed by atoms with van der Waals surface area (Å²) in [6.07, 6.45) is 5.59. The Morgan fingerprint density at radius 1 is 1.16 bits per heavy atom. The van der Waals surface area contributed by atoms with E-state index in [9.17, 15) is 14.3 Å². The van der Waals surface area contributed by atoms with Crippen LogP contribution in [-0.2, 0) is 11.2 Å². The van der Waals surface area contributed by atoms with Gasteiger partial charge in [-0.2, -0.15) is 0 Å². The first kappa shape index (κ1) is 24.9. The zero-order valence-corrected chi connectivity index (χ0v) is 21.3. The molecule has 2 aromatic carbocycles. The van der Waals surface area contributed by atoms with Gasteiger partial charge < -0.3 is 25.0 Å². The molecule has 0 radical (unpaired) electrons. The van der Waals surface area contributed by atoms with E-state index >= 15 is 0 Å². The van der Waals surface area contributed by atoms with Crippen molar-refractivity contribution in [2.24, 2.45) is 0 Å². The molecule has 2 aromatic heterocycles. The van der Waals surface area contributed by atoms with Crippen LogP contribution in [-0.4, -0.2) is 59.5 Å². The van der Waals surface area contributed by atoms with E-state index in [-0.39, 0.29) is 11.4 Å². The van der Waals surface area contributed by atoms with Gasteiger partial charge in [-0.3, -0.25) is 4.98 Å². The molecule has 9 heteroatoms. The molecule has 0 aliphatic carbocycles. The van der Waals surface area contributed by atoms with Crippen LogP contribution in [0.25, 0.3) is 22.0 Å². The second-order valence-corrected chi connectivity index (χ2v) is 9.84. The Morgan fingerprint density at radius 3 is 2.68 bits per heavy atom. The van der Waals surface area contributed by atoms with Crippen LogP contribution in [0, 0.1) is 5.82 Å². The van der Waals surface area contributed by atoms with E-state index < -0.39 is 11.6 Å². The topological polar surface area (TPSA) is 81.6 Å². The molecule has 0 spiro atoms. The summed E-state index contributed by atoms with van der Waals surface area (Å²) in [6, 6.07) is 12.7. The molecule has 190 valence electrons. The molecule has 0 bridgehead atoms. The average molecular weight is 520 g/mol. The quantitative estimate of drug-likeness (QED) is 0.315. The molecule has 3 heterocycles. The second-order valence-electron chi connectivity index (χ2n) is 9.43. The highest BCUT2D eigenvalue weighted by Gasteiger charge is 2.24. The molecule has 37 heavy (non-hydrogen) atoms. The SMILES string of the molecule is CN(C)C1CCN(c2ccc(Nc3c(CC=O)cnc4ccc(-c5cc(F)c(O)c(Cl)c5)cc34)cn2)C1. The number of aldehydes is 1. The standard InChI is InChI=1S/C28H27ClFN5O2/c1-34(2)21-7-9-35(16-21)26-6-4-20(15-32-26)33-27-18(8-10-36)14-31-25-5-3-17(11-22(25)27)19-12-23(29)28(37)24(30)13-19/h3-6,10-15,21,37H,7-9,16H2,1-2H3,(H,31,33). The van der Waals surface area contributed by atoms with Crippen molar-refractivity contribution in [1.82, 2.24) is 14.9 Å². The summed E-state index contributed by atoms with van der Waals surface area (Å²) in [5.74, 6) is -0.448. The van der Waals surface area contributed by atoms with Gasteiger partial charge in [-0.25, -0.2) is 9.37 Å². The Balaban J connectivity index is 1.50. The first-order valence-electron chi connectivity index (χ1n) is 12.0. The number of aromatic hydroxyl groups is 1. The Labute approximate surface area is 219 Å². The summed E-state index contributed by atoms with van der Waals surface area (Å²) >= 11 is 6.01. The molecule has 2 N–H and O–H groups in total. The van der Waals surface area contributed by atoms with Crippen LogP contribution in [0.1, 0.15) is 12.0 Å². The molecule has 4 aromatic rings. The predicted octanol–water partition coefficient (Wildman–Crippen LogP) is 5.42. The zero-order chi connectivity index (χ0) is 26.1. The third kappa shape index (κ3) is 5.08. The number of fused-ring (bicyclic) bond motifs is 1. The molecular formula is C28H27ClFN5O2. The lowest BCUT2D eigenvalue weighted by molar-refractivity contribution is -0.107. The van der Waals surface area contributed by atoms with Crippen LogP contribution >= 0.6 is 11.6 Å². The van der Waals surface area contributed by atoms with Crippen molar-refractivity contribution >= 4 is 46.0 Å². The third-order valence-corrected chi connectivity index (χ3v) is 7.12. The van der Waals surface area contributed by atoms with Crippen LogP contribution in [0.5, 0.6) is 5.75 Å². The summed E-state index contributed by atoms with van der Waals surface area (Å²) in [6.45, 7) is 1.90. The van der Waals surface area contributed by atoms with E-state index in [0.717, 1.165) is 53.9 Å². The Kier molecular flexibility index (Phi) is 6.95. The fourth-order valence-electron chi connectivity index (χ4n) is 4.70. The maximum Gasteiger partial charge on any atom is 0.170 e.